The van der Waals surface area contributed by atoms with Gasteiger partial charge < -0.3 is 14.2 Å². The highest BCUT2D eigenvalue weighted by Crippen LogP contribution is 2.27. The molecule has 0 saturated carbocycles. The molecule has 27 heavy (non-hydrogen) atoms. The van der Waals surface area contributed by atoms with E-state index in [2.05, 4.69) is 0 Å². The van der Waals surface area contributed by atoms with Gasteiger partial charge in [-0.2, -0.15) is 0 Å². The van der Waals surface area contributed by atoms with Crippen molar-refractivity contribution in [3.8, 4) is 0 Å². The van der Waals surface area contributed by atoms with Crippen LogP contribution in [0.15, 0.2) is 48.5 Å². The Labute approximate surface area is 163 Å². The molecule has 5 nitrogen and oxygen atoms in total. The van der Waals surface area contributed by atoms with E-state index in [-0.39, 0.29) is 6.61 Å². The van der Waals surface area contributed by atoms with Gasteiger partial charge in [0.25, 0.3) is 0 Å². The van der Waals surface area contributed by atoms with Gasteiger partial charge in [0.2, 0.25) is 0 Å². The fraction of sp³-hybridized carbons (Fsp3) is 0.333. The van der Waals surface area contributed by atoms with E-state index in [1.165, 1.54) is 0 Å². The van der Waals surface area contributed by atoms with Crippen molar-refractivity contribution >= 4 is 23.5 Å². The fourth-order valence-electron chi connectivity index (χ4n) is 2.76. The standard InChI is InChI=1S/C21H21ClO5/c1-13-3-7-15(8-4-13)20(23)25-12-18-17(11-19(22)26-18)27-21(24)16-9-5-14(2)6-10-16/h3-10,17-19H,11-12H2,1-2H3/t17-,18-,19?/m1/s1. The van der Waals surface area contributed by atoms with Gasteiger partial charge in [-0.05, 0) is 38.1 Å². The van der Waals surface area contributed by atoms with E-state index in [1.54, 1.807) is 24.3 Å². The molecule has 142 valence electrons. The first-order valence-electron chi connectivity index (χ1n) is 8.73. The summed E-state index contributed by atoms with van der Waals surface area (Å²) < 4.78 is 16.4. The number of halogens is 1. The molecule has 2 aromatic rings. The summed E-state index contributed by atoms with van der Waals surface area (Å²) in [7, 11) is 0. The van der Waals surface area contributed by atoms with Gasteiger partial charge in [0.1, 0.15) is 24.4 Å². The van der Waals surface area contributed by atoms with Crippen LogP contribution in [0.2, 0.25) is 0 Å². The number of esters is 2. The van der Waals surface area contributed by atoms with Gasteiger partial charge in [-0.15, -0.1) is 0 Å². The number of carbonyl (C=O) groups is 2. The predicted molar refractivity (Wildman–Crippen MR) is 101 cm³/mol. The maximum Gasteiger partial charge on any atom is 0.338 e. The molecule has 1 aliphatic rings. The van der Waals surface area contributed by atoms with Crippen LogP contribution < -0.4 is 0 Å². The van der Waals surface area contributed by atoms with E-state index in [9.17, 15) is 9.59 Å². The van der Waals surface area contributed by atoms with Crippen LogP contribution in [0.5, 0.6) is 0 Å². The number of carbonyl (C=O) groups excluding carboxylic acids is 2. The van der Waals surface area contributed by atoms with Crippen molar-refractivity contribution in [1.82, 2.24) is 0 Å². The van der Waals surface area contributed by atoms with Crippen LogP contribution in [0.4, 0.5) is 0 Å². The average molecular weight is 389 g/mol. The van der Waals surface area contributed by atoms with Gasteiger partial charge in [-0.3, -0.25) is 0 Å². The molecule has 2 aromatic carbocycles. The molecule has 1 heterocycles. The third kappa shape index (κ3) is 5.08. The number of rotatable bonds is 5. The molecule has 0 radical (unpaired) electrons. The maximum atomic E-state index is 12.3. The molecule has 0 aromatic heterocycles. The molecule has 6 heteroatoms. The summed E-state index contributed by atoms with van der Waals surface area (Å²) in [6.07, 6.45) is -0.838. The highest BCUT2D eigenvalue weighted by molar-refractivity contribution is 6.19. The van der Waals surface area contributed by atoms with Crippen LogP contribution in [-0.2, 0) is 14.2 Å². The fourth-order valence-corrected chi connectivity index (χ4v) is 3.07. The summed E-state index contributed by atoms with van der Waals surface area (Å²) in [6, 6.07) is 14.2. The summed E-state index contributed by atoms with van der Waals surface area (Å²) in [6.45, 7) is 3.84. The highest BCUT2D eigenvalue weighted by Gasteiger charge is 2.38. The number of alkyl halides is 1. The van der Waals surface area contributed by atoms with Gasteiger partial charge in [-0.25, -0.2) is 9.59 Å². The third-order valence-corrected chi connectivity index (χ3v) is 4.65. The summed E-state index contributed by atoms with van der Waals surface area (Å²) in [5, 5.41) is 0. The minimum atomic E-state index is -0.601. The van der Waals surface area contributed by atoms with Crippen LogP contribution >= 0.6 is 11.6 Å². The van der Waals surface area contributed by atoms with Crippen molar-refractivity contribution in [3.63, 3.8) is 0 Å². The zero-order valence-corrected chi connectivity index (χ0v) is 15.9. The van der Waals surface area contributed by atoms with Crippen LogP contribution in [-0.4, -0.2) is 36.3 Å². The van der Waals surface area contributed by atoms with Gasteiger partial charge in [0.05, 0.1) is 11.1 Å². The van der Waals surface area contributed by atoms with Crippen LogP contribution in [0.1, 0.15) is 38.3 Å². The van der Waals surface area contributed by atoms with Crippen LogP contribution in [0.25, 0.3) is 0 Å². The molecule has 1 aliphatic heterocycles. The molecule has 0 spiro atoms. The molecule has 0 aliphatic carbocycles. The lowest BCUT2D eigenvalue weighted by atomic mass is 10.1. The molecule has 0 N–H and O–H groups in total. The van der Waals surface area contributed by atoms with Gasteiger partial charge in [0.15, 0.2) is 0 Å². The van der Waals surface area contributed by atoms with Gasteiger partial charge >= 0.3 is 11.9 Å². The minimum absolute atomic E-state index is 0.0399. The molecular formula is C21H21ClO5. The predicted octanol–water partition coefficient (Wildman–Crippen LogP) is 4.04. The summed E-state index contributed by atoms with van der Waals surface area (Å²) in [5.74, 6) is -0.913. The topological polar surface area (TPSA) is 61.8 Å². The molecule has 0 amide bonds. The lowest BCUT2D eigenvalue weighted by Gasteiger charge is -2.19. The van der Waals surface area contributed by atoms with Crippen molar-refractivity contribution in [2.75, 3.05) is 6.61 Å². The van der Waals surface area contributed by atoms with Crippen molar-refractivity contribution in [3.05, 3.63) is 70.8 Å². The quantitative estimate of drug-likeness (QED) is 0.571. The highest BCUT2D eigenvalue weighted by atomic mass is 35.5. The lowest BCUT2D eigenvalue weighted by molar-refractivity contribution is -0.0322. The zero-order valence-electron chi connectivity index (χ0n) is 15.2. The number of hydrogen-bond donors (Lipinski definition) is 0. The van der Waals surface area contributed by atoms with Gasteiger partial charge in [0, 0.05) is 6.42 Å². The average Bonchev–Trinajstić information content (AvgIpc) is 3.00. The summed E-state index contributed by atoms with van der Waals surface area (Å²) in [4.78, 5) is 24.5. The van der Waals surface area contributed by atoms with Crippen LogP contribution in [0, 0.1) is 13.8 Å². The number of hydrogen-bond acceptors (Lipinski definition) is 5. The third-order valence-electron chi connectivity index (χ3n) is 4.37. The molecule has 1 unspecified atom stereocenters. The molecule has 1 fully saturated rings. The van der Waals surface area contributed by atoms with E-state index in [0.717, 1.165) is 11.1 Å². The zero-order chi connectivity index (χ0) is 19.4. The Morgan fingerprint density at radius 3 is 2.04 bits per heavy atom. The summed E-state index contributed by atoms with van der Waals surface area (Å²) in [5.41, 5.74) is 2.42. The Kier molecular flexibility index (Phi) is 6.14. The molecule has 1 saturated heterocycles. The second-order valence-electron chi connectivity index (χ2n) is 6.59. The molecule has 0 bridgehead atoms. The molecule has 3 rings (SSSR count). The number of ether oxygens (including phenoxy) is 3. The monoisotopic (exact) mass is 388 g/mol. The first-order valence-corrected chi connectivity index (χ1v) is 9.17. The Morgan fingerprint density at radius 1 is 0.963 bits per heavy atom. The Balaban J connectivity index is 1.58. The Bertz CT molecular complexity index is 800. The van der Waals surface area contributed by atoms with Crippen molar-refractivity contribution < 1.29 is 23.8 Å². The second kappa shape index (κ2) is 8.55. The van der Waals surface area contributed by atoms with Crippen molar-refractivity contribution in [2.45, 2.75) is 38.0 Å². The first kappa shape index (κ1) is 19.4. The molecular weight excluding hydrogens is 368 g/mol. The van der Waals surface area contributed by atoms with E-state index < -0.39 is 29.7 Å². The van der Waals surface area contributed by atoms with E-state index in [1.807, 2.05) is 38.1 Å². The maximum absolute atomic E-state index is 12.3. The molecule has 3 atom stereocenters. The largest absolute Gasteiger partial charge is 0.459 e. The van der Waals surface area contributed by atoms with E-state index in [4.69, 9.17) is 25.8 Å². The summed E-state index contributed by atoms with van der Waals surface area (Å²) >= 11 is 6.05. The smallest absolute Gasteiger partial charge is 0.338 e. The van der Waals surface area contributed by atoms with E-state index >= 15 is 0 Å². The Hall–Kier alpha value is -2.37. The SMILES string of the molecule is Cc1ccc(C(=O)OC[C@H]2OC(Cl)C[C@H]2OC(=O)c2ccc(C)cc2)cc1. The lowest BCUT2D eigenvalue weighted by Crippen LogP contribution is -2.32. The number of aryl methyl sites for hydroxylation is 2. The van der Waals surface area contributed by atoms with Gasteiger partial charge in [-0.1, -0.05) is 47.0 Å². The Morgan fingerprint density at radius 2 is 1.48 bits per heavy atom. The number of benzene rings is 2. The first-order chi connectivity index (χ1) is 12.9. The van der Waals surface area contributed by atoms with Crippen molar-refractivity contribution in [1.29, 1.82) is 0 Å². The minimum Gasteiger partial charge on any atom is -0.459 e. The second-order valence-corrected chi connectivity index (χ2v) is 7.08. The van der Waals surface area contributed by atoms with Crippen LogP contribution in [0.3, 0.4) is 0 Å². The van der Waals surface area contributed by atoms with Crippen molar-refractivity contribution in [2.24, 2.45) is 0 Å². The normalized spacial score (nSPS) is 21.7. The van der Waals surface area contributed by atoms with E-state index in [0.29, 0.717) is 17.5 Å².